The first-order valence-corrected chi connectivity index (χ1v) is 18.6. The number of hydrogen-bond acceptors (Lipinski definition) is 10. The zero-order valence-corrected chi connectivity index (χ0v) is 29.1. The molecule has 3 aromatic carbocycles. The van der Waals surface area contributed by atoms with Crippen LogP contribution in [0.1, 0.15) is 48.9 Å². The lowest BCUT2D eigenvalue weighted by molar-refractivity contribution is 0.0102. The van der Waals surface area contributed by atoms with Crippen LogP contribution < -0.4 is 21.5 Å². The van der Waals surface area contributed by atoms with E-state index >= 15 is 0 Å². The molecule has 0 aliphatic carbocycles. The lowest BCUT2D eigenvalue weighted by Crippen LogP contribution is -2.57. The Bertz CT molecular complexity index is 2120. The maximum atomic E-state index is 13.7. The molecule has 266 valence electrons. The van der Waals surface area contributed by atoms with Gasteiger partial charge in [0.05, 0.1) is 23.1 Å². The lowest BCUT2D eigenvalue weighted by Gasteiger charge is -2.52. The first-order valence-electron chi connectivity index (χ1n) is 18.6. The van der Waals surface area contributed by atoms with E-state index in [0.717, 1.165) is 84.8 Å². The molecule has 6 aliphatic rings. The number of hydrogen-bond donors (Lipinski definition) is 4. The Hall–Kier alpha value is -5.06. The van der Waals surface area contributed by atoms with Crippen LogP contribution in [-0.4, -0.2) is 68.2 Å². The standard InChI is InChI=1S/C42H44N6O4/c1-3-23-21-47-15-11-25(23)17-35(47)37(29-9-13-43-33-7-5-27(49)19-31(29)33)45-39-40(42(52)41(39)51)46-38(36-18-26-12-16-48(36)22-24(26)4-2)30-10-14-44-34-8-6-28(50)20-32(30)34/h3-10,13-14,19-20,23-26,35-38,45-46,49-50H,1-2,11-12,15-18,21-22H2/t23-,24-,25-,26-,35-,36-,37-,38-/m0/s1. The van der Waals surface area contributed by atoms with Crippen molar-refractivity contribution in [3.05, 3.63) is 118 Å². The highest BCUT2D eigenvalue weighted by atomic mass is 16.3. The molecule has 5 aromatic rings. The van der Waals surface area contributed by atoms with Gasteiger partial charge in [-0.25, -0.2) is 0 Å². The van der Waals surface area contributed by atoms with Crippen LogP contribution in [0.25, 0.3) is 21.8 Å². The molecule has 0 saturated carbocycles. The van der Waals surface area contributed by atoms with E-state index < -0.39 is 10.9 Å². The number of pyridine rings is 2. The molecule has 10 heteroatoms. The Morgan fingerprint density at radius 3 is 1.52 bits per heavy atom. The van der Waals surface area contributed by atoms with Crippen molar-refractivity contribution in [1.82, 2.24) is 19.8 Å². The Labute approximate surface area is 302 Å². The molecule has 4 N–H and O–H groups in total. The Balaban J connectivity index is 1.14. The van der Waals surface area contributed by atoms with Gasteiger partial charge in [-0.1, -0.05) is 12.2 Å². The maximum Gasteiger partial charge on any atom is 0.253 e. The summed E-state index contributed by atoms with van der Waals surface area (Å²) >= 11 is 0. The molecular formula is C42H44N6O4. The van der Waals surface area contributed by atoms with Crippen LogP contribution in [0.15, 0.2) is 95.8 Å². The fourth-order valence-corrected chi connectivity index (χ4v) is 10.0. The zero-order valence-electron chi connectivity index (χ0n) is 29.1. The van der Waals surface area contributed by atoms with Crippen molar-refractivity contribution >= 4 is 33.2 Å². The minimum absolute atomic E-state index is 0.0408. The largest absolute Gasteiger partial charge is 0.508 e. The summed E-state index contributed by atoms with van der Waals surface area (Å²) in [5.41, 5.74) is 2.83. The van der Waals surface area contributed by atoms with E-state index in [-0.39, 0.29) is 47.0 Å². The van der Waals surface area contributed by atoms with Gasteiger partial charge in [0.1, 0.15) is 22.9 Å². The number of rotatable bonds is 10. The minimum atomic E-state index is -0.540. The predicted octanol–water partition coefficient (Wildman–Crippen LogP) is 5.89. The molecule has 10 atom stereocenters. The third kappa shape index (κ3) is 5.38. The molecule has 0 spiro atoms. The van der Waals surface area contributed by atoms with Crippen LogP contribution in [0.3, 0.4) is 0 Å². The van der Waals surface area contributed by atoms with Crippen molar-refractivity contribution in [2.24, 2.45) is 23.7 Å². The van der Waals surface area contributed by atoms with Crippen LogP contribution in [0.5, 0.6) is 11.5 Å². The fraction of sp³-hybridized carbons (Fsp3) is 0.381. The third-order valence-electron chi connectivity index (χ3n) is 12.8. The minimum Gasteiger partial charge on any atom is -0.508 e. The van der Waals surface area contributed by atoms with Gasteiger partial charge in [0.15, 0.2) is 0 Å². The topological polar surface area (TPSA) is 131 Å². The summed E-state index contributed by atoms with van der Waals surface area (Å²) in [7, 11) is 0. The quantitative estimate of drug-likeness (QED) is 0.104. The first kappa shape index (κ1) is 32.8. The van der Waals surface area contributed by atoms with E-state index in [1.165, 1.54) is 0 Å². The van der Waals surface area contributed by atoms with Crippen LogP contribution in [0.4, 0.5) is 11.4 Å². The summed E-state index contributed by atoms with van der Waals surface area (Å²) in [5, 5.41) is 30.0. The maximum absolute atomic E-state index is 13.7. The molecule has 0 radical (unpaired) electrons. The molecular weight excluding hydrogens is 653 g/mol. The van der Waals surface area contributed by atoms with Crippen LogP contribution in [0.2, 0.25) is 0 Å². The molecule has 11 rings (SSSR count). The monoisotopic (exact) mass is 696 g/mol. The summed E-state index contributed by atoms with van der Waals surface area (Å²) < 4.78 is 0. The lowest BCUT2D eigenvalue weighted by atomic mass is 9.72. The number of aromatic nitrogens is 2. The SMILES string of the molecule is C=C[C@H]1CN2CC[C@H]1C[C@H]2[C@@H](Nc1c(N[C@@H](c2ccnc3ccc(O)cc23)[C@@H]2C[C@@H]3CCN2C[C@@H]3C=C)c(=O)c1=O)c1ccnc2ccc(O)cc12. The highest BCUT2D eigenvalue weighted by Gasteiger charge is 2.46. The number of anilines is 2. The summed E-state index contributed by atoms with van der Waals surface area (Å²) in [6.45, 7) is 11.9. The third-order valence-corrected chi connectivity index (χ3v) is 12.8. The number of nitrogens with zero attached hydrogens (tertiary/aromatic N) is 4. The molecule has 6 aliphatic heterocycles. The van der Waals surface area contributed by atoms with E-state index in [9.17, 15) is 19.8 Å². The van der Waals surface area contributed by atoms with Gasteiger partial charge in [-0.15, -0.1) is 13.2 Å². The van der Waals surface area contributed by atoms with Gasteiger partial charge >= 0.3 is 0 Å². The number of aromatic hydroxyl groups is 2. The number of benzene rings is 2. The second kappa shape index (κ2) is 12.9. The second-order valence-electron chi connectivity index (χ2n) is 15.3. The van der Waals surface area contributed by atoms with Gasteiger partial charge < -0.3 is 20.8 Å². The first-order chi connectivity index (χ1) is 25.3. The number of piperidine rings is 6. The van der Waals surface area contributed by atoms with Crippen LogP contribution >= 0.6 is 0 Å². The number of phenolic OH excluding ortho intramolecular Hbond substituents is 2. The van der Waals surface area contributed by atoms with Crippen molar-refractivity contribution in [3.8, 4) is 11.5 Å². The highest BCUT2D eigenvalue weighted by Crippen LogP contribution is 2.46. The molecule has 10 nitrogen and oxygen atoms in total. The van der Waals surface area contributed by atoms with E-state index in [4.69, 9.17) is 0 Å². The number of phenols is 2. The van der Waals surface area contributed by atoms with Gasteiger partial charge in [0, 0.05) is 48.3 Å². The molecule has 52 heavy (non-hydrogen) atoms. The van der Waals surface area contributed by atoms with Gasteiger partial charge in [-0.05, 0) is 122 Å². The molecule has 2 unspecified atom stereocenters. The van der Waals surface area contributed by atoms with E-state index in [1.807, 2.05) is 24.3 Å². The van der Waals surface area contributed by atoms with E-state index in [1.54, 1.807) is 36.7 Å². The normalized spacial score (nSPS) is 29.2. The van der Waals surface area contributed by atoms with Crippen molar-refractivity contribution in [2.45, 2.75) is 49.9 Å². The average molecular weight is 697 g/mol. The van der Waals surface area contributed by atoms with Crippen LogP contribution in [0, 0.1) is 23.7 Å². The number of fused-ring (bicyclic) bond motifs is 8. The van der Waals surface area contributed by atoms with E-state index in [0.29, 0.717) is 23.7 Å². The van der Waals surface area contributed by atoms with Crippen LogP contribution in [-0.2, 0) is 0 Å². The summed E-state index contributed by atoms with van der Waals surface area (Å²) in [4.78, 5) is 41.5. The van der Waals surface area contributed by atoms with E-state index in [2.05, 4.69) is 55.7 Å². The summed E-state index contributed by atoms with van der Waals surface area (Å²) in [6, 6.07) is 13.7. The van der Waals surface area contributed by atoms with Crippen molar-refractivity contribution in [3.63, 3.8) is 0 Å². The molecule has 2 aromatic heterocycles. The van der Waals surface area contributed by atoms with Gasteiger partial charge in [0.25, 0.3) is 10.9 Å². The average Bonchev–Trinajstić information content (AvgIpc) is 3.18. The summed E-state index contributed by atoms with van der Waals surface area (Å²) in [6.07, 6.45) is 11.7. The Morgan fingerprint density at radius 1 is 0.692 bits per heavy atom. The number of nitrogens with one attached hydrogen (secondary N) is 2. The molecule has 6 fully saturated rings. The van der Waals surface area contributed by atoms with Crippen molar-refractivity contribution < 1.29 is 10.2 Å². The molecule has 0 amide bonds. The Kier molecular flexibility index (Phi) is 8.12. The highest BCUT2D eigenvalue weighted by molar-refractivity contribution is 5.86. The predicted molar refractivity (Wildman–Crippen MR) is 204 cm³/mol. The second-order valence-corrected chi connectivity index (χ2v) is 15.3. The van der Waals surface area contributed by atoms with Crippen molar-refractivity contribution in [1.29, 1.82) is 0 Å². The molecule has 8 heterocycles. The van der Waals surface area contributed by atoms with Crippen molar-refractivity contribution in [2.75, 3.05) is 36.8 Å². The fourth-order valence-electron chi connectivity index (χ4n) is 10.0. The molecule has 6 saturated heterocycles. The molecule has 4 bridgehead atoms. The summed E-state index contributed by atoms with van der Waals surface area (Å²) in [5.74, 6) is 2.04. The van der Waals surface area contributed by atoms with Gasteiger partial charge in [0.2, 0.25) is 0 Å². The zero-order chi connectivity index (χ0) is 35.7. The Morgan fingerprint density at radius 2 is 1.13 bits per heavy atom. The smallest absolute Gasteiger partial charge is 0.253 e. The van der Waals surface area contributed by atoms with Gasteiger partial charge in [-0.3, -0.25) is 29.4 Å². The van der Waals surface area contributed by atoms with Gasteiger partial charge in [-0.2, -0.15) is 0 Å².